The first-order valence-corrected chi connectivity index (χ1v) is 7.83. The Hall–Kier alpha value is -1.07. The van der Waals surface area contributed by atoms with E-state index in [1.54, 1.807) is 0 Å². The third-order valence-electron chi connectivity index (χ3n) is 3.37. The van der Waals surface area contributed by atoms with Crippen molar-refractivity contribution in [3.05, 3.63) is 62.7 Å². The highest BCUT2D eigenvalue weighted by Crippen LogP contribution is 2.27. The van der Waals surface area contributed by atoms with Crippen LogP contribution in [0, 0.1) is 10.5 Å². The Labute approximate surface area is 134 Å². The minimum absolute atomic E-state index is 0.279. The van der Waals surface area contributed by atoms with E-state index in [9.17, 15) is 0 Å². The van der Waals surface area contributed by atoms with Gasteiger partial charge in [-0.05, 0) is 67.2 Å². The number of rotatable bonds is 5. The molecule has 0 amide bonds. The molecule has 2 aromatic rings. The van der Waals surface area contributed by atoms with Crippen molar-refractivity contribution in [3.63, 3.8) is 0 Å². The molecule has 1 atom stereocenters. The summed E-state index contributed by atoms with van der Waals surface area (Å²) < 4.78 is 7.24. The van der Waals surface area contributed by atoms with Gasteiger partial charge in [0, 0.05) is 15.2 Å². The first kappa shape index (κ1) is 15.3. The highest BCUT2D eigenvalue weighted by molar-refractivity contribution is 14.1. The number of halogens is 1. The van der Waals surface area contributed by atoms with E-state index in [1.165, 1.54) is 20.3 Å². The summed E-state index contributed by atoms with van der Waals surface area (Å²) in [6, 6.07) is 15.0. The summed E-state index contributed by atoms with van der Waals surface area (Å²) in [4.78, 5) is 0. The van der Waals surface area contributed by atoms with E-state index in [0.717, 1.165) is 5.75 Å². The van der Waals surface area contributed by atoms with Gasteiger partial charge in [-0.15, -0.1) is 0 Å². The van der Waals surface area contributed by atoms with Gasteiger partial charge < -0.3 is 10.1 Å². The van der Waals surface area contributed by atoms with Crippen molar-refractivity contribution in [2.75, 3.05) is 7.05 Å². The Morgan fingerprint density at radius 2 is 1.85 bits per heavy atom. The van der Waals surface area contributed by atoms with Crippen LogP contribution >= 0.6 is 22.6 Å². The molecule has 0 fully saturated rings. The molecule has 0 aromatic heterocycles. The fraction of sp³-hybridized carbons (Fsp3) is 0.294. The lowest BCUT2D eigenvalue weighted by molar-refractivity contribution is 0.300. The standard InChI is InChI=1S/C17H20INO/c1-12-4-9-17(16(10-12)13(2)19-3)20-11-14-5-7-15(18)8-6-14/h4-10,13,19H,11H2,1-3H3. The molecule has 0 bridgehead atoms. The fourth-order valence-electron chi connectivity index (χ4n) is 2.03. The molecule has 0 aliphatic heterocycles. The summed E-state index contributed by atoms with van der Waals surface area (Å²) in [6.45, 7) is 4.85. The molecule has 3 heteroatoms. The maximum atomic E-state index is 6.00. The van der Waals surface area contributed by atoms with Crippen LogP contribution in [0.4, 0.5) is 0 Å². The summed E-state index contributed by atoms with van der Waals surface area (Å²) in [7, 11) is 1.97. The predicted octanol–water partition coefficient (Wildman–Crippen LogP) is 4.46. The van der Waals surface area contributed by atoms with E-state index in [-0.39, 0.29) is 6.04 Å². The molecular weight excluding hydrogens is 361 g/mol. The van der Waals surface area contributed by atoms with Crippen LogP contribution in [0.3, 0.4) is 0 Å². The zero-order chi connectivity index (χ0) is 14.5. The Kier molecular flexibility index (Phi) is 5.43. The summed E-state index contributed by atoms with van der Waals surface area (Å²) in [6.07, 6.45) is 0. The van der Waals surface area contributed by atoms with Crippen molar-refractivity contribution in [1.82, 2.24) is 5.32 Å². The SMILES string of the molecule is CNC(C)c1cc(C)ccc1OCc1ccc(I)cc1. The van der Waals surface area contributed by atoms with Crippen LogP contribution in [0.25, 0.3) is 0 Å². The molecule has 106 valence electrons. The Balaban J connectivity index is 2.14. The van der Waals surface area contributed by atoms with E-state index in [0.29, 0.717) is 6.61 Å². The molecule has 0 heterocycles. The van der Waals surface area contributed by atoms with Crippen molar-refractivity contribution in [2.24, 2.45) is 0 Å². The first-order chi connectivity index (χ1) is 9.60. The van der Waals surface area contributed by atoms with Gasteiger partial charge in [-0.25, -0.2) is 0 Å². The van der Waals surface area contributed by atoms with Gasteiger partial charge >= 0.3 is 0 Å². The van der Waals surface area contributed by atoms with Gasteiger partial charge in [0.1, 0.15) is 12.4 Å². The van der Waals surface area contributed by atoms with Crippen LogP contribution < -0.4 is 10.1 Å². The fourth-order valence-corrected chi connectivity index (χ4v) is 2.39. The summed E-state index contributed by atoms with van der Waals surface area (Å²) >= 11 is 2.31. The van der Waals surface area contributed by atoms with Crippen molar-refractivity contribution < 1.29 is 4.74 Å². The van der Waals surface area contributed by atoms with Crippen LogP contribution in [0.15, 0.2) is 42.5 Å². The van der Waals surface area contributed by atoms with Gasteiger partial charge in [0.05, 0.1) is 0 Å². The van der Waals surface area contributed by atoms with Crippen LogP contribution in [-0.2, 0) is 6.61 Å². The highest BCUT2D eigenvalue weighted by Gasteiger charge is 2.10. The second-order valence-electron chi connectivity index (χ2n) is 4.97. The minimum atomic E-state index is 0.279. The maximum absolute atomic E-state index is 6.00. The third-order valence-corrected chi connectivity index (χ3v) is 4.09. The zero-order valence-corrected chi connectivity index (χ0v) is 14.3. The first-order valence-electron chi connectivity index (χ1n) is 6.75. The van der Waals surface area contributed by atoms with E-state index >= 15 is 0 Å². The molecule has 0 radical (unpaired) electrons. The molecule has 2 aromatic carbocycles. The second-order valence-corrected chi connectivity index (χ2v) is 6.21. The van der Waals surface area contributed by atoms with Gasteiger partial charge in [0.15, 0.2) is 0 Å². The van der Waals surface area contributed by atoms with Crippen LogP contribution in [0.5, 0.6) is 5.75 Å². The topological polar surface area (TPSA) is 21.3 Å². The van der Waals surface area contributed by atoms with Gasteiger partial charge in [-0.1, -0.05) is 29.8 Å². The molecule has 0 aliphatic rings. The van der Waals surface area contributed by atoms with E-state index < -0.39 is 0 Å². The van der Waals surface area contributed by atoms with Crippen LogP contribution in [0.2, 0.25) is 0 Å². The van der Waals surface area contributed by atoms with Crippen molar-refractivity contribution >= 4 is 22.6 Å². The lowest BCUT2D eigenvalue weighted by atomic mass is 10.0. The van der Waals surface area contributed by atoms with Crippen molar-refractivity contribution in [3.8, 4) is 5.75 Å². The van der Waals surface area contributed by atoms with Gasteiger partial charge in [0.2, 0.25) is 0 Å². The molecule has 0 spiro atoms. The Morgan fingerprint density at radius 3 is 2.50 bits per heavy atom. The quantitative estimate of drug-likeness (QED) is 0.773. The third kappa shape index (κ3) is 3.96. The van der Waals surface area contributed by atoms with E-state index in [4.69, 9.17) is 4.74 Å². The number of hydrogen-bond donors (Lipinski definition) is 1. The molecule has 20 heavy (non-hydrogen) atoms. The number of ether oxygens (including phenoxy) is 1. The molecule has 0 saturated heterocycles. The average molecular weight is 381 g/mol. The van der Waals surface area contributed by atoms with Gasteiger partial charge in [-0.3, -0.25) is 0 Å². The molecule has 0 saturated carbocycles. The number of aryl methyl sites for hydroxylation is 1. The smallest absolute Gasteiger partial charge is 0.124 e. The predicted molar refractivity (Wildman–Crippen MR) is 92.1 cm³/mol. The number of benzene rings is 2. The number of nitrogens with one attached hydrogen (secondary N) is 1. The van der Waals surface area contributed by atoms with Gasteiger partial charge in [0.25, 0.3) is 0 Å². The average Bonchev–Trinajstić information content (AvgIpc) is 2.46. The molecule has 0 aliphatic carbocycles. The monoisotopic (exact) mass is 381 g/mol. The van der Waals surface area contributed by atoms with E-state index in [1.807, 2.05) is 7.05 Å². The van der Waals surface area contributed by atoms with Crippen LogP contribution in [-0.4, -0.2) is 7.05 Å². The van der Waals surface area contributed by atoms with Crippen molar-refractivity contribution in [1.29, 1.82) is 0 Å². The molecular formula is C17H20INO. The minimum Gasteiger partial charge on any atom is -0.489 e. The normalized spacial score (nSPS) is 12.2. The summed E-state index contributed by atoms with van der Waals surface area (Å²) in [5, 5.41) is 3.27. The maximum Gasteiger partial charge on any atom is 0.124 e. The lowest BCUT2D eigenvalue weighted by Crippen LogP contribution is -2.14. The van der Waals surface area contributed by atoms with E-state index in [2.05, 4.69) is 84.2 Å². The summed E-state index contributed by atoms with van der Waals surface area (Å²) in [5.41, 5.74) is 3.65. The molecule has 2 rings (SSSR count). The van der Waals surface area contributed by atoms with Crippen LogP contribution in [0.1, 0.15) is 29.7 Å². The lowest BCUT2D eigenvalue weighted by Gasteiger charge is -2.17. The van der Waals surface area contributed by atoms with Gasteiger partial charge in [-0.2, -0.15) is 0 Å². The number of hydrogen-bond acceptors (Lipinski definition) is 2. The Bertz CT molecular complexity index is 566. The summed E-state index contributed by atoms with van der Waals surface area (Å²) in [5.74, 6) is 0.955. The molecule has 1 N–H and O–H groups in total. The highest BCUT2D eigenvalue weighted by atomic mass is 127. The molecule has 1 unspecified atom stereocenters. The second kappa shape index (κ2) is 7.09. The largest absolute Gasteiger partial charge is 0.489 e. The Morgan fingerprint density at radius 1 is 1.15 bits per heavy atom. The molecule has 2 nitrogen and oxygen atoms in total. The van der Waals surface area contributed by atoms with Crippen molar-refractivity contribution in [2.45, 2.75) is 26.5 Å². The zero-order valence-electron chi connectivity index (χ0n) is 12.1.